The first-order valence-electron chi connectivity index (χ1n) is 4.08. The van der Waals surface area contributed by atoms with Crippen molar-refractivity contribution in [3.05, 3.63) is 35.9 Å². The number of nitriles is 1. The molecule has 2 rings (SSSR count). The van der Waals surface area contributed by atoms with Crippen LogP contribution >= 0.6 is 0 Å². The van der Waals surface area contributed by atoms with Crippen molar-refractivity contribution >= 4 is 5.71 Å². The molecule has 3 heteroatoms. The molecule has 0 aliphatic carbocycles. The third-order valence-corrected chi connectivity index (χ3v) is 1.92. The van der Waals surface area contributed by atoms with Crippen LogP contribution in [0.15, 0.2) is 35.5 Å². The zero-order chi connectivity index (χ0) is 9.10. The van der Waals surface area contributed by atoms with Gasteiger partial charge in [0.25, 0.3) is 0 Å². The molecule has 1 heterocycles. The number of nitrogens with zero attached hydrogens (tertiary/aromatic N) is 2. The number of hydrogen-bond acceptors (Lipinski definition) is 3. The molecular weight excluding hydrogens is 164 g/mol. The molecule has 0 radical (unpaired) electrons. The summed E-state index contributed by atoms with van der Waals surface area (Å²) in [4.78, 5) is 4.90. The van der Waals surface area contributed by atoms with Gasteiger partial charge in [-0.1, -0.05) is 35.5 Å². The first-order valence-corrected chi connectivity index (χ1v) is 4.08. The molecule has 0 bridgehead atoms. The Morgan fingerprint density at radius 3 is 2.77 bits per heavy atom. The fourth-order valence-corrected chi connectivity index (χ4v) is 1.25. The van der Waals surface area contributed by atoms with Gasteiger partial charge in [0.1, 0.15) is 6.07 Å². The minimum Gasteiger partial charge on any atom is -0.376 e. The molecule has 1 aliphatic heterocycles. The quantitative estimate of drug-likeness (QED) is 0.647. The molecule has 0 aromatic heterocycles. The van der Waals surface area contributed by atoms with Crippen LogP contribution in [0.5, 0.6) is 0 Å². The van der Waals surface area contributed by atoms with Gasteiger partial charge in [-0.05, 0) is 5.56 Å². The second kappa shape index (κ2) is 3.28. The first-order chi connectivity index (χ1) is 6.40. The molecule has 1 atom stereocenters. The summed E-state index contributed by atoms with van der Waals surface area (Å²) in [6.07, 6.45) is 0.177. The molecule has 1 aliphatic rings. The highest BCUT2D eigenvalue weighted by Crippen LogP contribution is 2.15. The van der Waals surface area contributed by atoms with Crippen LogP contribution in [0.2, 0.25) is 0 Å². The molecule has 13 heavy (non-hydrogen) atoms. The van der Waals surface area contributed by atoms with Crippen molar-refractivity contribution in [3.8, 4) is 6.07 Å². The summed E-state index contributed by atoms with van der Waals surface area (Å²) in [5.41, 5.74) is 1.88. The third-order valence-electron chi connectivity index (χ3n) is 1.92. The summed E-state index contributed by atoms with van der Waals surface area (Å²) in [5, 5.41) is 12.4. The van der Waals surface area contributed by atoms with Crippen LogP contribution in [-0.2, 0) is 4.84 Å². The van der Waals surface area contributed by atoms with Crippen molar-refractivity contribution in [2.24, 2.45) is 5.16 Å². The lowest BCUT2D eigenvalue weighted by molar-refractivity contribution is 0.125. The maximum absolute atomic E-state index is 8.58. The smallest absolute Gasteiger partial charge is 0.218 e. The lowest BCUT2D eigenvalue weighted by Crippen LogP contribution is -2.04. The highest BCUT2D eigenvalue weighted by atomic mass is 16.6. The van der Waals surface area contributed by atoms with Gasteiger partial charge in [-0.15, -0.1) is 0 Å². The molecule has 3 nitrogen and oxygen atoms in total. The van der Waals surface area contributed by atoms with Gasteiger partial charge in [-0.2, -0.15) is 5.26 Å². The van der Waals surface area contributed by atoms with E-state index in [4.69, 9.17) is 10.1 Å². The van der Waals surface area contributed by atoms with Crippen molar-refractivity contribution in [3.63, 3.8) is 0 Å². The molecule has 1 aromatic carbocycles. The Hall–Kier alpha value is -1.82. The van der Waals surface area contributed by atoms with Crippen molar-refractivity contribution in [2.75, 3.05) is 0 Å². The topological polar surface area (TPSA) is 45.4 Å². The van der Waals surface area contributed by atoms with E-state index in [1.54, 1.807) is 0 Å². The van der Waals surface area contributed by atoms with Crippen molar-refractivity contribution in [1.29, 1.82) is 5.26 Å². The molecule has 0 N–H and O–H groups in total. The Labute approximate surface area is 76.2 Å². The molecular formula is C10H8N2O. The Balaban J connectivity index is 2.18. The van der Waals surface area contributed by atoms with Crippen molar-refractivity contribution in [2.45, 2.75) is 12.5 Å². The second-order valence-corrected chi connectivity index (χ2v) is 2.83. The minimum absolute atomic E-state index is 0.407. The largest absolute Gasteiger partial charge is 0.376 e. The SMILES string of the molecule is N#CC1CC(c2ccccc2)=NO1. The summed E-state index contributed by atoms with van der Waals surface area (Å²) >= 11 is 0. The van der Waals surface area contributed by atoms with Gasteiger partial charge in [-0.25, -0.2) is 0 Å². The highest BCUT2D eigenvalue weighted by molar-refractivity contribution is 6.01. The maximum Gasteiger partial charge on any atom is 0.218 e. The van der Waals surface area contributed by atoms with Crippen LogP contribution in [0.1, 0.15) is 12.0 Å². The lowest BCUT2D eigenvalue weighted by Gasteiger charge is -1.95. The first kappa shape index (κ1) is 7.81. The molecule has 64 valence electrons. The van der Waals surface area contributed by atoms with Crippen LogP contribution in [0.4, 0.5) is 0 Å². The van der Waals surface area contributed by atoms with Crippen LogP contribution in [-0.4, -0.2) is 11.8 Å². The van der Waals surface area contributed by atoms with Crippen LogP contribution in [0.25, 0.3) is 0 Å². The van der Waals surface area contributed by atoms with E-state index in [2.05, 4.69) is 5.16 Å². The Morgan fingerprint density at radius 2 is 2.15 bits per heavy atom. The predicted molar refractivity (Wildman–Crippen MR) is 48.1 cm³/mol. The fraction of sp³-hybridized carbons (Fsp3) is 0.200. The highest BCUT2D eigenvalue weighted by Gasteiger charge is 2.20. The molecule has 0 saturated heterocycles. The van der Waals surface area contributed by atoms with E-state index < -0.39 is 6.10 Å². The molecule has 0 amide bonds. The maximum atomic E-state index is 8.58. The van der Waals surface area contributed by atoms with E-state index >= 15 is 0 Å². The Kier molecular flexibility index (Phi) is 1.97. The Bertz CT molecular complexity index is 364. The number of hydrogen-bond donors (Lipinski definition) is 0. The van der Waals surface area contributed by atoms with E-state index in [9.17, 15) is 0 Å². The van der Waals surface area contributed by atoms with Gasteiger partial charge in [0.2, 0.25) is 6.10 Å². The zero-order valence-corrected chi connectivity index (χ0v) is 6.97. The normalized spacial score (nSPS) is 20.2. The van der Waals surface area contributed by atoms with Gasteiger partial charge < -0.3 is 4.84 Å². The van der Waals surface area contributed by atoms with E-state index in [1.165, 1.54) is 0 Å². The minimum atomic E-state index is -0.407. The lowest BCUT2D eigenvalue weighted by atomic mass is 10.1. The van der Waals surface area contributed by atoms with Gasteiger partial charge in [0.05, 0.1) is 5.71 Å². The Morgan fingerprint density at radius 1 is 1.38 bits per heavy atom. The molecule has 1 unspecified atom stereocenters. The molecule has 1 aromatic rings. The van der Waals surface area contributed by atoms with Crippen molar-refractivity contribution < 1.29 is 4.84 Å². The molecule has 0 fully saturated rings. The van der Waals surface area contributed by atoms with E-state index in [0.29, 0.717) is 6.42 Å². The van der Waals surface area contributed by atoms with Gasteiger partial charge in [-0.3, -0.25) is 0 Å². The fourth-order valence-electron chi connectivity index (χ4n) is 1.25. The van der Waals surface area contributed by atoms with Gasteiger partial charge in [0, 0.05) is 6.42 Å². The third kappa shape index (κ3) is 1.52. The average Bonchev–Trinajstić information content (AvgIpc) is 2.67. The van der Waals surface area contributed by atoms with E-state index in [1.807, 2.05) is 36.4 Å². The van der Waals surface area contributed by atoms with E-state index in [-0.39, 0.29) is 0 Å². The van der Waals surface area contributed by atoms with E-state index in [0.717, 1.165) is 11.3 Å². The van der Waals surface area contributed by atoms with Crippen LogP contribution in [0.3, 0.4) is 0 Å². The number of rotatable bonds is 1. The van der Waals surface area contributed by atoms with Gasteiger partial charge in [0.15, 0.2) is 0 Å². The number of oxime groups is 1. The van der Waals surface area contributed by atoms with Crippen LogP contribution in [0, 0.1) is 11.3 Å². The van der Waals surface area contributed by atoms with Gasteiger partial charge >= 0.3 is 0 Å². The van der Waals surface area contributed by atoms with Crippen LogP contribution < -0.4 is 0 Å². The molecule has 0 spiro atoms. The molecule has 0 saturated carbocycles. The standard InChI is InChI=1S/C10H8N2O/c11-7-9-6-10(12-13-9)8-4-2-1-3-5-8/h1-5,9H,6H2. The average molecular weight is 172 g/mol. The van der Waals surface area contributed by atoms with Crippen molar-refractivity contribution in [1.82, 2.24) is 0 Å². The number of benzene rings is 1. The summed E-state index contributed by atoms with van der Waals surface area (Å²) in [6, 6.07) is 11.8. The summed E-state index contributed by atoms with van der Waals surface area (Å²) in [6.45, 7) is 0. The second-order valence-electron chi connectivity index (χ2n) is 2.83. The zero-order valence-electron chi connectivity index (χ0n) is 6.97. The summed E-state index contributed by atoms with van der Waals surface area (Å²) in [5.74, 6) is 0. The monoisotopic (exact) mass is 172 g/mol. The summed E-state index contributed by atoms with van der Waals surface area (Å²) in [7, 11) is 0. The summed E-state index contributed by atoms with van der Waals surface area (Å²) < 4.78 is 0. The predicted octanol–water partition coefficient (Wildman–Crippen LogP) is 1.70.